The van der Waals surface area contributed by atoms with Crippen molar-refractivity contribution in [2.45, 2.75) is 39.5 Å². The Morgan fingerprint density at radius 3 is 2.93 bits per heavy atom. The SMILES string of the molecule is CC(C)Cc1nnc(NC(=O)COc2ccc3c4c(c(=O)oc3c2)CCC4)s1. The van der Waals surface area contributed by atoms with Gasteiger partial charge in [-0.2, -0.15) is 0 Å². The van der Waals surface area contributed by atoms with Gasteiger partial charge >= 0.3 is 5.63 Å². The van der Waals surface area contributed by atoms with E-state index in [9.17, 15) is 9.59 Å². The van der Waals surface area contributed by atoms with Gasteiger partial charge in [0.1, 0.15) is 16.3 Å². The van der Waals surface area contributed by atoms with Crippen LogP contribution in [0.3, 0.4) is 0 Å². The number of rotatable bonds is 6. The van der Waals surface area contributed by atoms with Gasteiger partial charge in [0.05, 0.1) is 0 Å². The molecule has 2 aromatic heterocycles. The van der Waals surface area contributed by atoms with E-state index in [0.717, 1.165) is 47.2 Å². The summed E-state index contributed by atoms with van der Waals surface area (Å²) in [5.41, 5.74) is 2.08. The second kappa shape index (κ2) is 7.71. The third-order valence-electron chi connectivity index (χ3n) is 4.61. The molecule has 3 aromatic rings. The van der Waals surface area contributed by atoms with Crippen LogP contribution in [-0.4, -0.2) is 22.7 Å². The predicted molar refractivity (Wildman–Crippen MR) is 107 cm³/mol. The molecule has 2 heterocycles. The number of nitrogens with zero attached hydrogens (tertiary/aromatic N) is 2. The summed E-state index contributed by atoms with van der Waals surface area (Å²) in [7, 11) is 0. The molecular formula is C20H21N3O4S. The maximum atomic E-state index is 12.1. The summed E-state index contributed by atoms with van der Waals surface area (Å²) < 4.78 is 11.0. The van der Waals surface area contributed by atoms with E-state index in [0.29, 0.717) is 22.4 Å². The lowest BCUT2D eigenvalue weighted by Crippen LogP contribution is -2.20. The second-order valence-electron chi connectivity index (χ2n) is 7.29. The minimum absolute atomic E-state index is 0.167. The highest BCUT2D eigenvalue weighted by molar-refractivity contribution is 7.15. The van der Waals surface area contributed by atoms with E-state index in [2.05, 4.69) is 29.4 Å². The van der Waals surface area contributed by atoms with Crippen molar-refractivity contribution in [3.63, 3.8) is 0 Å². The number of aromatic nitrogens is 2. The Kier molecular flexibility index (Phi) is 5.13. The first-order valence-electron chi connectivity index (χ1n) is 9.33. The molecular weight excluding hydrogens is 378 g/mol. The van der Waals surface area contributed by atoms with Gasteiger partial charge in [-0.15, -0.1) is 10.2 Å². The third-order valence-corrected chi connectivity index (χ3v) is 5.47. The van der Waals surface area contributed by atoms with Gasteiger partial charge in [-0.05, 0) is 42.9 Å². The van der Waals surface area contributed by atoms with Gasteiger partial charge < -0.3 is 9.15 Å². The number of amides is 1. The minimum atomic E-state index is -0.317. The molecule has 1 aliphatic carbocycles. The number of hydrogen-bond donors (Lipinski definition) is 1. The summed E-state index contributed by atoms with van der Waals surface area (Å²) >= 11 is 1.37. The molecule has 0 saturated carbocycles. The van der Waals surface area contributed by atoms with Crippen LogP contribution >= 0.6 is 11.3 Å². The first-order valence-corrected chi connectivity index (χ1v) is 10.1. The summed E-state index contributed by atoms with van der Waals surface area (Å²) in [5, 5.41) is 13.0. The zero-order valence-corrected chi connectivity index (χ0v) is 16.6. The minimum Gasteiger partial charge on any atom is -0.484 e. The van der Waals surface area contributed by atoms with E-state index in [1.807, 2.05) is 6.07 Å². The monoisotopic (exact) mass is 399 g/mol. The Hall–Kier alpha value is -2.74. The fourth-order valence-corrected chi connectivity index (χ4v) is 4.36. The van der Waals surface area contributed by atoms with Gasteiger partial charge in [0.25, 0.3) is 5.91 Å². The molecule has 1 amide bonds. The Balaban J connectivity index is 1.41. The van der Waals surface area contributed by atoms with Crippen molar-refractivity contribution >= 4 is 33.3 Å². The van der Waals surface area contributed by atoms with E-state index < -0.39 is 0 Å². The van der Waals surface area contributed by atoms with Gasteiger partial charge in [-0.3, -0.25) is 10.1 Å². The molecule has 0 unspecified atom stereocenters. The molecule has 0 bridgehead atoms. The van der Waals surface area contributed by atoms with Gasteiger partial charge in [-0.25, -0.2) is 4.79 Å². The van der Waals surface area contributed by atoms with Crippen LogP contribution in [-0.2, 0) is 24.1 Å². The Morgan fingerprint density at radius 2 is 2.11 bits per heavy atom. The predicted octanol–water partition coefficient (Wildman–Crippen LogP) is 3.35. The summed E-state index contributed by atoms with van der Waals surface area (Å²) in [5.74, 6) is 0.637. The maximum absolute atomic E-state index is 12.1. The molecule has 0 atom stereocenters. The lowest BCUT2D eigenvalue weighted by molar-refractivity contribution is -0.118. The number of hydrogen-bond acceptors (Lipinski definition) is 7. The number of benzene rings is 1. The lowest BCUT2D eigenvalue weighted by atomic mass is 10.1. The zero-order valence-electron chi connectivity index (χ0n) is 15.8. The molecule has 146 valence electrons. The standard InChI is InChI=1S/C20H21N3O4S/c1-11(2)8-18-22-23-20(28-18)21-17(24)10-26-12-6-7-14-13-4-3-5-15(13)19(25)27-16(14)9-12/h6-7,9,11H,3-5,8,10H2,1-2H3,(H,21,23,24). The number of carbonyl (C=O) groups excluding carboxylic acids is 1. The van der Waals surface area contributed by atoms with Crippen molar-refractivity contribution in [3.05, 3.63) is 44.8 Å². The molecule has 1 aromatic carbocycles. The summed E-state index contributed by atoms with van der Waals surface area (Å²) in [6.07, 6.45) is 3.47. The molecule has 1 N–H and O–H groups in total. The molecule has 8 heteroatoms. The quantitative estimate of drug-likeness (QED) is 0.639. The van der Waals surface area contributed by atoms with E-state index in [4.69, 9.17) is 9.15 Å². The van der Waals surface area contributed by atoms with Crippen molar-refractivity contribution in [3.8, 4) is 5.75 Å². The van der Waals surface area contributed by atoms with Crippen molar-refractivity contribution < 1.29 is 13.9 Å². The van der Waals surface area contributed by atoms with Crippen LogP contribution in [0.1, 0.15) is 36.4 Å². The van der Waals surface area contributed by atoms with Crippen molar-refractivity contribution in [1.82, 2.24) is 10.2 Å². The number of aryl methyl sites for hydroxylation is 1. The normalized spacial score (nSPS) is 13.1. The summed E-state index contributed by atoms with van der Waals surface area (Å²) in [4.78, 5) is 24.2. The number of ether oxygens (including phenoxy) is 1. The summed E-state index contributed by atoms with van der Waals surface area (Å²) in [6, 6.07) is 5.34. The average molecular weight is 399 g/mol. The fourth-order valence-electron chi connectivity index (χ4n) is 3.39. The molecule has 0 fully saturated rings. The first-order chi connectivity index (χ1) is 13.5. The Bertz CT molecular complexity index is 1090. The maximum Gasteiger partial charge on any atom is 0.339 e. The van der Waals surface area contributed by atoms with E-state index in [1.165, 1.54) is 11.3 Å². The van der Waals surface area contributed by atoms with E-state index in [-0.39, 0.29) is 18.1 Å². The zero-order chi connectivity index (χ0) is 19.7. The van der Waals surface area contributed by atoms with Crippen LogP contribution < -0.4 is 15.7 Å². The molecule has 0 radical (unpaired) electrons. The van der Waals surface area contributed by atoms with Crippen LogP contribution in [0.5, 0.6) is 5.75 Å². The van der Waals surface area contributed by atoms with Crippen LogP contribution in [0.2, 0.25) is 0 Å². The average Bonchev–Trinajstić information content (AvgIpc) is 3.29. The van der Waals surface area contributed by atoms with Gasteiger partial charge in [0.15, 0.2) is 6.61 Å². The molecule has 28 heavy (non-hydrogen) atoms. The molecule has 1 aliphatic rings. The van der Waals surface area contributed by atoms with Crippen LogP contribution in [0.25, 0.3) is 11.0 Å². The van der Waals surface area contributed by atoms with Crippen molar-refractivity contribution in [2.75, 3.05) is 11.9 Å². The Labute approximate surface area is 165 Å². The fraction of sp³-hybridized carbons (Fsp3) is 0.400. The number of fused-ring (bicyclic) bond motifs is 3. The van der Waals surface area contributed by atoms with Crippen LogP contribution in [0, 0.1) is 5.92 Å². The highest BCUT2D eigenvalue weighted by Crippen LogP contribution is 2.29. The van der Waals surface area contributed by atoms with E-state index >= 15 is 0 Å². The number of carbonyl (C=O) groups is 1. The van der Waals surface area contributed by atoms with Crippen molar-refractivity contribution in [1.29, 1.82) is 0 Å². The van der Waals surface area contributed by atoms with Gasteiger partial charge in [-0.1, -0.05) is 25.2 Å². The van der Waals surface area contributed by atoms with Crippen LogP contribution in [0.4, 0.5) is 5.13 Å². The topological polar surface area (TPSA) is 94.3 Å². The van der Waals surface area contributed by atoms with E-state index in [1.54, 1.807) is 12.1 Å². The Morgan fingerprint density at radius 1 is 1.29 bits per heavy atom. The number of anilines is 1. The first kappa shape index (κ1) is 18.6. The third kappa shape index (κ3) is 3.91. The molecule has 0 aliphatic heterocycles. The largest absolute Gasteiger partial charge is 0.484 e. The molecule has 0 saturated heterocycles. The lowest BCUT2D eigenvalue weighted by Gasteiger charge is -2.08. The highest BCUT2D eigenvalue weighted by atomic mass is 32.1. The van der Waals surface area contributed by atoms with Gasteiger partial charge in [0, 0.05) is 23.4 Å². The molecule has 4 rings (SSSR count). The smallest absolute Gasteiger partial charge is 0.339 e. The number of nitrogens with one attached hydrogen (secondary N) is 1. The second-order valence-corrected chi connectivity index (χ2v) is 8.36. The van der Waals surface area contributed by atoms with Crippen molar-refractivity contribution in [2.24, 2.45) is 5.92 Å². The summed E-state index contributed by atoms with van der Waals surface area (Å²) in [6.45, 7) is 4.04. The molecule has 7 nitrogen and oxygen atoms in total. The highest BCUT2D eigenvalue weighted by Gasteiger charge is 2.19. The molecule has 0 spiro atoms. The van der Waals surface area contributed by atoms with Gasteiger partial charge in [0.2, 0.25) is 5.13 Å². The van der Waals surface area contributed by atoms with Crippen LogP contribution in [0.15, 0.2) is 27.4 Å².